The fraction of sp³-hybridized carbons (Fsp3) is 0.200. The fourth-order valence-electron chi connectivity index (χ4n) is 1.17. The van der Waals surface area contributed by atoms with Crippen molar-refractivity contribution >= 4 is 15.9 Å². The summed E-state index contributed by atoms with van der Waals surface area (Å²) in [5.41, 5.74) is 6.53. The van der Waals surface area contributed by atoms with Gasteiger partial charge in [0.05, 0.1) is 6.04 Å². The average Bonchev–Trinajstić information content (AvgIpc) is 2.67. The van der Waals surface area contributed by atoms with Crippen LogP contribution in [0.1, 0.15) is 18.9 Å². The molecule has 78 valence electrons. The van der Waals surface area contributed by atoms with Crippen LogP contribution in [0.25, 0.3) is 11.4 Å². The molecule has 2 rings (SSSR count). The molecule has 2 N–H and O–H groups in total. The van der Waals surface area contributed by atoms with E-state index in [4.69, 9.17) is 10.3 Å². The minimum Gasteiger partial charge on any atom is -0.337 e. The monoisotopic (exact) mass is 267 g/mol. The SMILES string of the molecule is C[C@H](N)c1nc(-c2ccccc2Br)no1. The van der Waals surface area contributed by atoms with Crippen molar-refractivity contribution in [3.05, 3.63) is 34.6 Å². The van der Waals surface area contributed by atoms with Crippen molar-refractivity contribution in [1.29, 1.82) is 0 Å². The van der Waals surface area contributed by atoms with E-state index < -0.39 is 0 Å². The molecule has 0 aliphatic rings. The van der Waals surface area contributed by atoms with Crippen LogP contribution in [0.4, 0.5) is 0 Å². The van der Waals surface area contributed by atoms with Gasteiger partial charge in [0.2, 0.25) is 11.7 Å². The van der Waals surface area contributed by atoms with E-state index >= 15 is 0 Å². The highest BCUT2D eigenvalue weighted by Crippen LogP contribution is 2.25. The fourth-order valence-corrected chi connectivity index (χ4v) is 1.63. The summed E-state index contributed by atoms with van der Waals surface area (Å²) < 4.78 is 5.96. The number of hydrogen-bond acceptors (Lipinski definition) is 4. The van der Waals surface area contributed by atoms with Crippen LogP contribution >= 0.6 is 15.9 Å². The zero-order chi connectivity index (χ0) is 10.8. The maximum absolute atomic E-state index is 5.64. The first kappa shape index (κ1) is 10.3. The van der Waals surface area contributed by atoms with Gasteiger partial charge in [-0.15, -0.1) is 0 Å². The van der Waals surface area contributed by atoms with E-state index in [2.05, 4.69) is 26.1 Å². The summed E-state index contributed by atoms with van der Waals surface area (Å²) >= 11 is 3.43. The molecule has 0 amide bonds. The highest BCUT2D eigenvalue weighted by molar-refractivity contribution is 9.10. The van der Waals surface area contributed by atoms with Crippen LogP contribution in [0.5, 0.6) is 0 Å². The lowest BCUT2D eigenvalue weighted by molar-refractivity contribution is 0.362. The second kappa shape index (κ2) is 4.12. The molecular weight excluding hydrogens is 258 g/mol. The summed E-state index contributed by atoms with van der Waals surface area (Å²) in [6, 6.07) is 7.45. The molecule has 5 heteroatoms. The second-order valence-corrected chi connectivity index (χ2v) is 4.08. The van der Waals surface area contributed by atoms with Gasteiger partial charge >= 0.3 is 0 Å². The molecule has 0 fully saturated rings. The van der Waals surface area contributed by atoms with Crippen molar-refractivity contribution in [3.8, 4) is 11.4 Å². The molecule has 4 nitrogen and oxygen atoms in total. The minimum absolute atomic E-state index is 0.242. The summed E-state index contributed by atoms with van der Waals surface area (Å²) in [6.45, 7) is 1.80. The van der Waals surface area contributed by atoms with Crippen molar-refractivity contribution in [2.24, 2.45) is 5.73 Å². The zero-order valence-electron chi connectivity index (χ0n) is 8.14. The van der Waals surface area contributed by atoms with Crippen LogP contribution in [-0.2, 0) is 0 Å². The van der Waals surface area contributed by atoms with Gasteiger partial charge in [-0.1, -0.05) is 33.2 Å². The summed E-state index contributed by atoms with van der Waals surface area (Å²) in [5.74, 6) is 0.996. The van der Waals surface area contributed by atoms with E-state index in [1.807, 2.05) is 24.3 Å². The Labute approximate surface area is 95.6 Å². The van der Waals surface area contributed by atoms with E-state index in [0.29, 0.717) is 11.7 Å². The summed E-state index contributed by atoms with van der Waals surface area (Å²) in [5, 5.41) is 3.87. The van der Waals surface area contributed by atoms with Gasteiger partial charge in [-0.05, 0) is 19.1 Å². The maximum atomic E-state index is 5.64. The van der Waals surface area contributed by atoms with Gasteiger partial charge in [-0.3, -0.25) is 0 Å². The van der Waals surface area contributed by atoms with Crippen LogP contribution in [0.2, 0.25) is 0 Å². The highest BCUT2D eigenvalue weighted by atomic mass is 79.9. The molecule has 0 aliphatic carbocycles. The van der Waals surface area contributed by atoms with Gasteiger partial charge in [-0.25, -0.2) is 0 Å². The van der Waals surface area contributed by atoms with Crippen LogP contribution in [0.15, 0.2) is 33.3 Å². The van der Waals surface area contributed by atoms with Gasteiger partial charge < -0.3 is 10.3 Å². The Morgan fingerprint density at radius 3 is 2.73 bits per heavy atom. The Morgan fingerprint density at radius 1 is 1.40 bits per heavy atom. The lowest BCUT2D eigenvalue weighted by Gasteiger charge is -1.97. The Kier molecular flexibility index (Phi) is 2.83. The molecule has 1 aromatic heterocycles. The molecule has 0 unspecified atom stereocenters. The predicted molar refractivity (Wildman–Crippen MR) is 60.0 cm³/mol. The van der Waals surface area contributed by atoms with E-state index in [1.54, 1.807) is 6.92 Å². The number of hydrogen-bond donors (Lipinski definition) is 1. The van der Waals surface area contributed by atoms with E-state index in [9.17, 15) is 0 Å². The van der Waals surface area contributed by atoms with Gasteiger partial charge in [0.1, 0.15) is 0 Å². The molecule has 0 bridgehead atoms. The zero-order valence-corrected chi connectivity index (χ0v) is 9.73. The third kappa shape index (κ3) is 2.08. The molecule has 1 heterocycles. The normalized spacial score (nSPS) is 12.7. The van der Waals surface area contributed by atoms with Crippen molar-refractivity contribution in [1.82, 2.24) is 10.1 Å². The second-order valence-electron chi connectivity index (χ2n) is 3.22. The summed E-state index contributed by atoms with van der Waals surface area (Å²) in [6.07, 6.45) is 0. The average molecular weight is 268 g/mol. The quantitative estimate of drug-likeness (QED) is 0.908. The molecule has 15 heavy (non-hydrogen) atoms. The van der Waals surface area contributed by atoms with E-state index in [0.717, 1.165) is 10.0 Å². The smallest absolute Gasteiger partial charge is 0.243 e. The largest absolute Gasteiger partial charge is 0.337 e. The first-order valence-corrected chi connectivity index (χ1v) is 5.32. The van der Waals surface area contributed by atoms with Crippen molar-refractivity contribution in [3.63, 3.8) is 0 Å². The Hall–Kier alpha value is -1.20. The molecule has 0 saturated heterocycles. The number of halogens is 1. The van der Waals surface area contributed by atoms with Gasteiger partial charge in [0, 0.05) is 10.0 Å². The van der Waals surface area contributed by atoms with Crippen molar-refractivity contribution in [2.75, 3.05) is 0 Å². The lowest BCUT2D eigenvalue weighted by Crippen LogP contribution is -2.04. The van der Waals surface area contributed by atoms with Crippen LogP contribution in [0, 0.1) is 0 Å². The van der Waals surface area contributed by atoms with Gasteiger partial charge in [-0.2, -0.15) is 4.98 Å². The molecule has 0 saturated carbocycles. The first-order valence-electron chi connectivity index (χ1n) is 4.52. The number of aromatic nitrogens is 2. The number of nitrogens with two attached hydrogens (primary N) is 1. The van der Waals surface area contributed by atoms with E-state index in [1.165, 1.54) is 0 Å². The Bertz CT molecular complexity index is 467. The van der Waals surface area contributed by atoms with Crippen LogP contribution in [0.3, 0.4) is 0 Å². The first-order chi connectivity index (χ1) is 7.18. The van der Waals surface area contributed by atoms with Crippen LogP contribution in [-0.4, -0.2) is 10.1 Å². The Balaban J connectivity index is 2.42. The minimum atomic E-state index is -0.242. The van der Waals surface area contributed by atoms with Crippen LogP contribution < -0.4 is 5.73 Å². The third-order valence-electron chi connectivity index (χ3n) is 1.95. The maximum Gasteiger partial charge on any atom is 0.243 e. The van der Waals surface area contributed by atoms with Crippen molar-refractivity contribution < 1.29 is 4.52 Å². The lowest BCUT2D eigenvalue weighted by atomic mass is 10.2. The van der Waals surface area contributed by atoms with Gasteiger partial charge in [0.25, 0.3) is 0 Å². The molecule has 1 aromatic carbocycles. The third-order valence-corrected chi connectivity index (χ3v) is 2.64. The molecule has 0 spiro atoms. The summed E-state index contributed by atoms with van der Waals surface area (Å²) in [7, 11) is 0. The molecular formula is C10H10BrN3O. The summed E-state index contributed by atoms with van der Waals surface area (Å²) in [4.78, 5) is 4.21. The number of benzene rings is 1. The molecule has 2 aromatic rings. The Morgan fingerprint density at radius 2 is 2.13 bits per heavy atom. The standard InChI is InChI=1S/C10H10BrN3O/c1-6(12)10-13-9(14-15-10)7-4-2-3-5-8(7)11/h2-6H,12H2,1H3/t6-/m0/s1. The number of rotatable bonds is 2. The van der Waals surface area contributed by atoms with E-state index in [-0.39, 0.29) is 6.04 Å². The predicted octanol–water partition coefficient (Wildman–Crippen LogP) is 2.52. The highest BCUT2D eigenvalue weighted by Gasteiger charge is 2.13. The molecule has 0 aliphatic heterocycles. The topological polar surface area (TPSA) is 64.9 Å². The molecule has 0 radical (unpaired) electrons. The molecule has 1 atom stereocenters. The van der Waals surface area contributed by atoms with Crippen molar-refractivity contribution in [2.45, 2.75) is 13.0 Å². The van der Waals surface area contributed by atoms with Gasteiger partial charge in [0.15, 0.2) is 0 Å². The number of nitrogens with zero attached hydrogens (tertiary/aromatic N) is 2.